The summed E-state index contributed by atoms with van der Waals surface area (Å²) < 4.78 is 0. The quantitative estimate of drug-likeness (QED) is 0.246. The van der Waals surface area contributed by atoms with Crippen molar-refractivity contribution in [1.29, 1.82) is 0 Å². The van der Waals surface area contributed by atoms with Gasteiger partial charge in [-0.25, -0.2) is 0 Å². The largest absolute Gasteiger partial charge is 0.156 e. The molecule has 0 aromatic carbocycles. The van der Waals surface area contributed by atoms with Crippen LogP contribution in [0.25, 0.3) is 0 Å². The Labute approximate surface area is 77.3 Å². The van der Waals surface area contributed by atoms with E-state index in [2.05, 4.69) is 23.4 Å². The SMILES string of the molecule is SSCSSCC1CS1. The average Bonchev–Trinajstić information content (AvgIpc) is 2.63. The first-order chi connectivity index (χ1) is 4.43. The maximum atomic E-state index is 4.04. The molecule has 0 amide bonds. The summed E-state index contributed by atoms with van der Waals surface area (Å²) >= 11 is 6.10. The number of rotatable bonds is 5. The van der Waals surface area contributed by atoms with Gasteiger partial charge >= 0.3 is 0 Å². The smallest absolute Gasteiger partial charge is 0.0597 e. The van der Waals surface area contributed by atoms with E-state index in [0.717, 1.165) is 10.3 Å². The molecule has 1 unspecified atom stereocenters. The highest BCUT2D eigenvalue weighted by Gasteiger charge is 2.21. The van der Waals surface area contributed by atoms with E-state index in [1.54, 1.807) is 10.8 Å². The van der Waals surface area contributed by atoms with E-state index in [1.807, 2.05) is 21.6 Å². The molecule has 0 spiro atoms. The Morgan fingerprint density at radius 1 is 1.56 bits per heavy atom. The predicted molar refractivity (Wildman–Crippen MR) is 57.7 cm³/mol. The van der Waals surface area contributed by atoms with E-state index >= 15 is 0 Å². The molecule has 1 saturated heterocycles. The summed E-state index contributed by atoms with van der Waals surface area (Å²) in [6, 6.07) is 0. The Morgan fingerprint density at radius 3 is 2.89 bits per heavy atom. The van der Waals surface area contributed by atoms with E-state index in [4.69, 9.17) is 0 Å². The minimum Gasteiger partial charge on any atom is -0.156 e. The third-order valence-corrected chi connectivity index (χ3v) is 6.26. The van der Waals surface area contributed by atoms with E-state index < -0.39 is 0 Å². The van der Waals surface area contributed by atoms with Gasteiger partial charge in [-0.1, -0.05) is 32.4 Å². The summed E-state index contributed by atoms with van der Waals surface area (Å²) in [7, 11) is 5.49. The van der Waals surface area contributed by atoms with Crippen LogP contribution in [-0.4, -0.2) is 21.8 Å². The number of hydrogen-bond donors (Lipinski definition) is 1. The second-order valence-corrected chi connectivity index (χ2v) is 7.13. The van der Waals surface area contributed by atoms with Gasteiger partial charge in [0.25, 0.3) is 0 Å². The molecule has 0 radical (unpaired) electrons. The molecule has 0 aromatic rings. The predicted octanol–water partition coefficient (Wildman–Crippen LogP) is 3.02. The van der Waals surface area contributed by atoms with Crippen LogP contribution in [0.2, 0.25) is 0 Å². The number of thioether (sulfide) groups is 1. The zero-order chi connectivity index (χ0) is 6.53. The zero-order valence-electron chi connectivity index (χ0n) is 4.78. The standard InChI is InChI=1S/C4H8S5/c5-7-3-9-8-2-4-1-6-4/h4-5H,1-3H2. The summed E-state index contributed by atoms with van der Waals surface area (Å²) in [5.74, 6) is 2.71. The maximum absolute atomic E-state index is 4.04. The summed E-state index contributed by atoms with van der Waals surface area (Å²) in [4.78, 5) is 0. The lowest BCUT2D eigenvalue weighted by atomic mass is 10.6. The van der Waals surface area contributed by atoms with Crippen molar-refractivity contribution in [1.82, 2.24) is 0 Å². The molecule has 1 atom stereocenters. The first-order valence-corrected chi connectivity index (χ1v) is 8.13. The van der Waals surface area contributed by atoms with Crippen LogP contribution in [0.4, 0.5) is 0 Å². The average molecular weight is 216 g/mol. The molecule has 1 aliphatic heterocycles. The second-order valence-electron chi connectivity index (χ2n) is 1.60. The van der Waals surface area contributed by atoms with Crippen molar-refractivity contribution in [2.24, 2.45) is 0 Å². The molecular formula is C4H8S5. The van der Waals surface area contributed by atoms with Crippen LogP contribution in [-0.2, 0) is 0 Å². The molecule has 0 nitrogen and oxygen atoms in total. The minimum atomic E-state index is 0.979. The lowest BCUT2D eigenvalue weighted by Crippen LogP contribution is -1.83. The van der Waals surface area contributed by atoms with Crippen molar-refractivity contribution >= 4 is 55.8 Å². The van der Waals surface area contributed by atoms with E-state index in [0.29, 0.717) is 0 Å². The molecule has 1 aliphatic rings. The van der Waals surface area contributed by atoms with Crippen LogP contribution < -0.4 is 0 Å². The van der Waals surface area contributed by atoms with Crippen LogP contribution in [0.5, 0.6) is 0 Å². The van der Waals surface area contributed by atoms with Gasteiger partial charge in [0.05, 0.1) is 5.08 Å². The van der Waals surface area contributed by atoms with Crippen LogP contribution >= 0.6 is 55.8 Å². The second kappa shape index (κ2) is 5.41. The summed E-state index contributed by atoms with van der Waals surface area (Å²) in [5.41, 5.74) is 0. The normalized spacial score (nSPS) is 24.3. The van der Waals surface area contributed by atoms with E-state index in [1.165, 1.54) is 11.5 Å². The molecule has 9 heavy (non-hydrogen) atoms. The van der Waals surface area contributed by atoms with Gasteiger partial charge in [0, 0.05) is 16.8 Å². The highest BCUT2D eigenvalue weighted by Crippen LogP contribution is 2.37. The first-order valence-electron chi connectivity index (χ1n) is 2.56. The minimum absolute atomic E-state index is 0.979. The molecule has 0 bridgehead atoms. The van der Waals surface area contributed by atoms with Gasteiger partial charge in [-0.3, -0.25) is 0 Å². The maximum Gasteiger partial charge on any atom is 0.0597 e. The highest BCUT2D eigenvalue weighted by molar-refractivity contribution is 8.82. The summed E-state index contributed by atoms with van der Waals surface area (Å²) in [6.07, 6.45) is 0. The van der Waals surface area contributed by atoms with Crippen molar-refractivity contribution in [2.45, 2.75) is 5.25 Å². The van der Waals surface area contributed by atoms with Crippen LogP contribution in [0.3, 0.4) is 0 Å². The molecule has 5 heteroatoms. The van der Waals surface area contributed by atoms with Crippen molar-refractivity contribution in [2.75, 3.05) is 16.6 Å². The van der Waals surface area contributed by atoms with Gasteiger partial charge in [-0.2, -0.15) is 11.8 Å². The lowest BCUT2D eigenvalue weighted by Gasteiger charge is -1.93. The molecule has 0 saturated carbocycles. The lowest BCUT2D eigenvalue weighted by molar-refractivity contribution is 1.28. The fourth-order valence-corrected chi connectivity index (χ4v) is 5.35. The molecule has 0 aromatic heterocycles. The van der Waals surface area contributed by atoms with Gasteiger partial charge in [0.2, 0.25) is 0 Å². The van der Waals surface area contributed by atoms with Gasteiger partial charge in [-0.05, 0) is 0 Å². The van der Waals surface area contributed by atoms with Crippen molar-refractivity contribution in [3.8, 4) is 0 Å². The molecular weight excluding hydrogens is 208 g/mol. The highest BCUT2D eigenvalue weighted by atomic mass is 33.1. The molecule has 1 fully saturated rings. The Bertz CT molecular complexity index is 71.4. The summed E-state index contributed by atoms with van der Waals surface area (Å²) in [6.45, 7) is 0. The molecule has 54 valence electrons. The first kappa shape index (κ1) is 8.84. The molecule has 1 rings (SSSR count). The van der Waals surface area contributed by atoms with Crippen LogP contribution in [0.1, 0.15) is 0 Å². The monoisotopic (exact) mass is 216 g/mol. The Balaban J connectivity index is 1.71. The molecule has 1 heterocycles. The Hall–Kier alpha value is 1.75. The molecule has 0 aliphatic carbocycles. The van der Waals surface area contributed by atoms with Crippen molar-refractivity contribution in [3.05, 3.63) is 0 Å². The number of hydrogen-bond acceptors (Lipinski definition) is 5. The number of thiol groups is 1. The van der Waals surface area contributed by atoms with Gasteiger partial charge in [0.15, 0.2) is 0 Å². The fraction of sp³-hybridized carbons (Fsp3) is 1.00. The summed E-state index contributed by atoms with van der Waals surface area (Å²) in [5, 5.41) is 2.08. The zero-order valence-corrected chi connectivity index (χ0v) is 8.94. The van der Waals surface area contributed by atoms with Crippen molar-refractivity contribution < 1.29 is 0 Å². The van der Waals surface area contributed by atoms with Crippen LogP contribution in [0, 0.1) is 0 Å². The van der Waals surface area contributed by atoms with Crippen molar-refractivity contribution in [3.63, 3.8) is 0 Å². The topological polar surface area (TPSA) is 0 Å². The fourth-order valence-electron chi connectivity index (χ4n) is 0.344. The van der Waals surface area contributed by atoms with E-state index in [9.17, 15) is 0 Å². The third-order valence-electron chi connectivity index (χ3n) is 0.840. The van der Waals surface area contributed by atoms with Gasteiger partial charge in [0.1, 0.15) is 0 Å². The third kappa shape index (κ3) is 5.07. The van der Waals surface area contributed by atoms with E-state index in [-0.39, 0.29) is 0 Å². The van der Waals surface area contributed by atoms with Gasteiger partial charge in [-0.15, -0.1) is 11.7 Å². The Kier molecular flexibility index (Phi) is 5.31. The molecule has 0 N–H and O–H groups in total. The van der Waals surface area contributed by atoms with Crippen LogP contribution in [0.15, 0.2) is 0 Å². The Morgan fingerprint density at radius 2 is 2.33 bits per heavy atom. The van der Waals surface area contributed by atoms with Gasteiger partial charge < -0.3 is 0 Å².